The molecule has 2 nitrogen and oxygen atoms in total. The van der Waals surface area contributed by atoms with E-state index in [-0.39, 0.29) is 5.75 Å². The van der Waals surface area contributed by atoms with Crippen molar-refractivity contribution in [3.05, 3.63) is 58.9 Å². The molecule has 1 heterocycles. The zero-order valence-corrected chi connectivity index (χ0v) is 8.78. The number of aromatic nitrogens is 1. The maximum Gasteiger partial charge on any atom is 0.134 e. The summed E-state index contributed by atoms with van der Waals surface area (Å²) in [5.41, 5.74) is 1.97. The predicted octanol–water partition coefficient (Wildman–Crippen LogP) is 3.03. The minimum atomic E-state index is 0.116. The third kappa shape index (κ3) is 2.48. The van der Waals surface area contributed by atoms with Crippen molar-refractivity contribution < 1.29 is 5.11 Å². The van der Waals surface area contributed by atoms with Gasteiger partial charge >= 0.3 is 0 Å². The minimum Gasteiger partial charge on any atom is -0.506 e. The van der Waals surface area contributed by atoms with Crippen LogP contribution in [0.3, 0.4) is 0 Å². The molecule has 0 aliphatic rings. The molecule has 2 rings (SSSR count). The van der Waals surface area contributed by atoms with Crippen molar-refractivity contribution in [2.24, 2.45) is 0 Å². The number of nitrogens with zero attached hydrogens (tertiary/aromatic N) is 1. The van der Waals surface area contributed by atoms with Crippen LogP contribution in [0, 0.1) is 0 Å². The monoisotopic (exact) mass is 219 g/mol. The van der Waals surface area contributed by atoms with Crippen molar-refractivity contribution in [2.45, 2.75) is 6.42 Å². The first kappa shape index (κ1) is 9.99. The standard InChI is InChI=1S/C12H10ClNO/c13-11-5-4-9(8-12(11)15)7-10-3-1-2-6-14-10/h1-6,8,15H,7H2. The number of phenols is 1. The average molecular weight is 220 g/mol. The molecule has 0 bridgehead atoms. The number of pyridine rings is 1. The summed E-state index contributed by atoms with van der Waals surface area (Å²) in [7, 11) is 0. The maximum atomic E-state index is 9.43. The van der Waals surface area contributed by atoms with E-state index in [1.807, 2.05) is 24.3 Å². The summed E-state index contributed by atoms with van der Waals surface area (Å²) < 4.78 is 0. The third-order valence-corrected chi connectivity index (χ3v) is 2.44. The van der Waals surface area contributed by atoms with Crippen LogP contribution >= 0.6 is 11.6 Å². The van der Waals surface area contributed by atoms with E-state index < -0.39 is 0 Å². The molecular weight excluding hydrogens is 210 g/mol. The van der Waals surface area contributed by atoms with Gasteiger partial charge in [-0.25, -0.2) is 0 Å². The number of rotatable bonds is 2. The molecule has 1 aromatic carbocycles. The molecule has 1 aromatic heterocycles. The van der Waals surface area contributed by atoms with Crippen LogP contribution in [0.5, 0.6) is 5.75 Å². The van der Waals surface area contributed by atoms with Crippen molar-refractivity contribution in [2.75, 3.05) is 0 Å². The van der Waals surface area contributed by atoms with E-state index in [1.54, 1.807) is 18.3 Å². The van der Waals surface area contributed by atoms with Crippen molar-refractivity contribution >= 4 is 11.6 Å². The van der Waals surface area contributed by atoms with Crippen LogP contribution in [0.1, 0.15) is 11.3 Å². The summed E-state index contributed by atoms with van der Waals surface area (Å²) in [6.45, 7) is 0. The molecule has 3 heteroatoms. The molecule has 1 N–H and O–H groups in total. The van der Waals surface area contributed by atoms with Crippen LogP contribution in [-0.2, 0) is 6.42 Å². The molecule has 0 saturated carbocycles. The van der Waals surface area contributed by atoms with Gasteiger partial charge in [0, 0.05) is 18.3 Å². The van der Waals surface area contributed by atoms with E-state index in [2.05, 4.69) is 4.98 Å². The minimum absolute atomic E-state index is 0.116. The summed E-state index contributed by atoms with van der Waals surface area (Å²) in [5.74, 6) is 0.116. The average Bonchev–Trinajstić information content (AvgIpc) is 2.25. The van der Waals surface area contributed by atoms with Crippen LogP contribution in [-0.4, -0.2) is 10.1 Å². The van der Waals surface area contributed by atoms with Gasteiger partial charge in [0.25, 0.3) is 0 Å². The number of hydrogen-bond acceptors (Lipinski definition) is 2. The molecule has 0 aliphatic heterocycles. The molecule has 2 aromatic rings. The summed E-state index contributed by atoms with van der Waals surface area (Å²) in [6.07, 6.45) is 2.46. The lowest BCUT2D eigenvalue weighted by Crippen LogP contribution is -1.90. The SMILES string of the molecule is Oc1cc(Cc2ccccn2)ccc1Cl. The van der Waals surface area contributed by atoms with Gasteiger partial charge < -0.3 is 5.11 Å². The van der Waals surface area contributed by atoms with Gasteiger partial charge in [-0.05, 0) is 29.8 Å². The van der Waals surface area contributed by atoms with Crippen molar-refractivity contribution in [3.63, 3.8) is 0 Å². The fourth-order valence-electron chi connectivity index (χ4n) is 1.38. The van der Waals surface area contributed by atoms with Crippen LogP contribution in [0.2, 0.25) is 5.02 Å². The van der Waals surface area contributed by atoms with Gasteiger partial charge in [0.15, 0.2) is 0 Å². The highest BCUT2D eigenvalue weighted by atomic mass is 35.5. The van der Waals surface area contributed by atoms with E-state index in [0.717, 1.165) is 11.3 Å². The first-order chi connectivity index (χ1) is 7.25. The van der Waals surface area contributed by atoms with Gasteiger partial charge in [0.05, 0.1) is 5.02 Å². The van der Waals surface area contributed by atoms with Gasteiger partial charge in [-0.3, -0.25) is 4.98 Å². The lowest BCUT2D eigenvalue weighted by atomic mass is 10.1. The number of phenolic OH excluding ortho intramolecular Hbond substituents is 1. The van der Waals surface area contributed by atoms with E-state index in [9.17, 15) is 5.11 Å². The largest absolute Gasteiger partial charge is 0.506 e. The van der Waals surface area contributed by atoms with E-state index in [1.165, 1.54) is 0 Å². The first-order valence-electron chi connectivity index (χ1n) is 4.63. The number of aromatic hydroxyl groups is 1. The Hall–Kier alpha value is -1.54. The summed E-state index contributed by atoms with van der Waals surface area (Å²) in [4.78, 5) is 4.21. The first-order valence-corrected chi connectivity index (χ1v) is 5.01. The van der Waals surface area contributed by atoms with Gasteiger partial charge in [0.1, 0.15) is 5.75 Å². The molecule has 0 fully saturated rings. The van der Waals surface area contributed by atoms with Gasteiger partial charge in [0.2, 0.25) is 0 Å². The Labute approximate surface area is 93.2 Å². The fraction of sp³-hybridized carbons (Fsp3) is 0.0833. The number of halogens is 1. The number of hydrogen-bond donors (Lipinski definition) is 1. The highest BCUT2D eigenvalue weighted by Gasteiger charge is 2.01. The van der Waals surface area contributed by atoms with Gasteiger partial charge in [-0.1, -0.05) is 23.7 Å². The molecule has 0 radical (unpaired) electrons. The third-order valence-electron chi connectivity index (χ3n) is 2.12. The van der Waals surface area contributed by atoms with Crippen molar-refractivity contribution in [1.29, 1.82) is 0 Å². The highest BCUT2D eigenvalue weighted by Crippen LogP contribution is 2.24. The lowest BCUT2D eigenvalue weighted by molar-refractivity contribution is 0.475. The summed E-state index contributed by atoms with van der Waals surface area (Å²) >= 11 is 5.72. The molecule has 15 heavy (non-hydrogen) atoms. The fourth-order valence-corrected chi connectivity index (χ4v) is 1.50. The topological polar surface area (TPSA) is 33.1 Å². The zero-order chi connectivity index (χ0) is 10.7. The van der Waals surface area contributed by atoms with Crippen LogP contribution in [0.4, 0.5) is 0 Å². The Morgan fingerprint density at radius 2 is 2.07 bits per heavy atom. The predicted molar refractivity (Wildman–Crippen MR) is 60.2 cm³/mol. The van der Waals surface area contributed by atoms with Crippen LogP contribution in [0.25, 0.3) is 0 Å². The number of benzene rings is 1. The van der Waals surface area contributed by atoms with E-state index in [4.69, 9.17) is 11.6 Å². The van der Waals surface area contributed by atoms with Crippen LogP contribution < -0.4 is 0 Å². The molecule has 0 atom stereocenters. The Balaban J connectivity index is 2.22. The molecule has 0 spiro atoms. The smallest absolute Gasteiger partial charge is 0.134 e. The quantitative estimate of drug-likeness (QED) is 0.842. The molecule has 0 saturated heterocycles. The Morgan fingerprint density at radius 1 is 1.20 bits per heavy atom. The Morgan fingerprint density at radius 3 is 2.73 bits per heavy atom. The van der Waals surface area contributed by atoms with E-state index >= 15 is 0 Å². The summed E-state index contributed by atoms with van der Waals surface area (Å²) in [6, 6.07) is 11.0. The van der Waals surface area contributed by atoms with Crippen LogP contribution in [0.15, 0.2) is 42.6 Å². The highest BCUT2D eigenvalue weighted by molar-refractivity contribution is 6.31. The second-order valence-electron chi connectivity index (χ2n) is 3.28. The molecule has 0 amide bonds. The van der Waals surface area contributed by atoms with Gasteiger partial charge in [-0.2, -0.15) is 0 Å². The molecule has 76 valence electrons. The molecule has 0 aliphatic carbocycles. The second-order valence-corrected chi connectivity index (χ2v) is 3.69. The lowest BCUT2D eigenvalue weighted by Gasteiger charge is -2.02. The molecular formula is C12H10ClNO. The maximum absolute atomic E-state index is 9.43. The summed E-state index contributed by atoms with van der Waals surface area (Å²) in [5, 5.41) is 9.80. The second kappa shape index (κ2) is 4.32. The normalized spacial score (nSPS) is 10.2. The zero-order valence-electron chi connectivity index (χ0n) is 8.02. The van der Waals surface area contributed by atoms with Crippen molar-refractivity contribution in [1.82, 2.24) is 4.98 Å². The molecule has 0 unspecified atom stereocenters. The Bertz CT molecular complexity index is 456. The van der Waals surface area contributed by atoms with Gasteiger partial charge in [-0.15, -0.1) is 0 Å². The Kier molecular flexibility index (Phi) is 2.88. The van der Waals surface area contributed by atoms with Crippen molar-refractivity contribution in [3.8, 4) is 5.75 Å². The van der Waals surface area contributed by atoms with E-state index in [0.29, 0.717) is 11.4 Å².